The highest BCUT2D eigenvalue weighted by Gasteiger charge is 2.28. The number of amides is 1. The van der Waals surface area contributed by atoms with E-state index < -0.39 is 0 Å². The van der Waals surface area contributed by atoms with Crippen molar-refractivity contribution >= 4 is 17.7 Å². The van der Waals surface area contributed by atoms with Gasteiger partial charge < -0.3 is 13.9 Å². The Kier molecular flexibility index (Phi) is 5.12. The van der Waals surface area contributed by atoms with Crippen LogP contribution in [0.3, 0.4) is 0 Å². The molecular formula is C18H24N4O2S. The fourth-order valence-corrected chi connectivity index (χ4v) is 4.72. The summed E-state index contributed by atoms with van der Waals surface area (Å²) in [5.41, 5.74) is 0. The van der Waals surface area contributed by atoms with Crippen molar-refractivity contribution in [2.45, 2.75) is 25.4 Å². The molecule has 4 heterocycles. The highest BCUT2D eigenvalue weighted by molar-refractivity contribution is 7.99. The molecule has 0 unspecified atom stereocenters. The second kappa shape index (κ2) is 7.66. The quantitative estimate of drug-likeness (QED) is 0.836. The Morgan fingerprint density at radius 1 is 1.20 bits per heavy atom. The molecule has 0 aromatic carbocycles. The number of imidazole rings is 1. The highest BCUT2D eigenvalue weighted by atomic mass is 32.2. The predicted molar refractivity (Wildman–Crippen MR) is 97.9 cm³/mol. The minimum atomic E-state index is 0.00994. The van der Waals surface area contributed by atoms with Crippen LogP contribution in [0.2, 0.25) is 0 Å². The van der Waals surface area contributed by atoms with E-state index in [-0.39, 0.29) is 5.91 Å². The summed E-state index contributed by atoms with van der Waals surface area (Å²) in [6.07, 6.45) is 7.93. The monoisotopic (exact) mass is 360 g/mol. The van der Waals surface area contributed by atoms with E-state index in [4.69, 9.17) is 4.42 Å². The zero-order chi connectivity index (χ0) is 17.1. The van der Waals surface area contributed by atoms with Gasteiger partial charge in [0.05, 0.1) is 12.9 Å². The summed E-state index contributed by atoms with van der Waals surface area (Å²) < 4.78 is 7.68. The van der Waals surface area contributed by atoms with Crippen LogP contribution < -0.4 is 0 Å². The topological polar surface area (TPSA) is 54.5 Å². The highest BCUT2D eigenvalue weighted by Crippen LogP contribution is 2.23. The molecule has 7 heteroatoms. The maximum Gasteiger partial charge on any atom is 0.289 e. The number of hydrogen-bond donors (Lipinski definition) is 0. The van der Waals surface area contributed by atoms with Crippen molar-refractivity contribution in [2.75, 3.05) is 37.7 Å². The Morgan fingerprint density at radius 2 is 2.00 bits per heavy atom. The van der Waals surface area contributed by atoms with Crippen molar-refractivity contribution in [3.63, 3.8) is 0 Å². The lowest BCUT2D eigenvalue weighted by Gasteiger charge is -2.40. The summed E-state index contributed by atoms with van der Waals surface area (Å²) in [6.45, 7) is 4.13. The molecule has 2 aromatic heterocycles. The smallest absolute Gasteiger partial charge is 0.289 e. The third-order valence-electron chi connectivity index (χ3n) is 5.08. The molecule has 0 saturated carbocycles. The van der Waals surface area contributed by atoms with Crippen LogP contribution in [0, 0.1) is 0 Å². The minimum Gasteiger partial charge on any atom is -0.454 e. The molecular weight excluding hydrogens is 336 g/mol. The number of carbonyl (C=O) groups excluding carboxylic acids is 1. The van der Waals surface area contributed by atoms with Crippen molar-refractivity contribution in [1.82, 2.24) is 19.4 Å². The molecule has 2 aromatic rings. The first-order chi connectivity index (χ1) is 12.3. The molecule has 2 aliphatic rings. The van der Waals surface area contributed by atoms with Gasteiger partial charge in [0.2, 0.25) is 0 Å². The van der Waals surface area contributed by atoms with E-state index >= 15 is 0 Å². The molecule has 0 radical (unpaired) electrons. The lowest BCUT2D eigenvalue weighted by atomic mass is 10.1. The van der Waals surface area contributed by atoms with E-state index in [1.165, 1.54) is 24.3 Å². The van der Waals surface area contributed by atoms with Crippen LogP contribution in [0.15, 0.2) is 35.3 Å². The molecule has 1 amide bonds. The second-order valence-corrected chi connectivity index (χ2v) is 7.90. The summed E-state index contributed by atoms with van der Waals surface area (Å²) in [6, 6.07) is 4.38. The molecule has 4 rings (SSSR count). The molecule has 0 aliphatic carbocycles. The van der Waals surface area contributed by atoms with Gasteiger partial charge in [-0.15, -0.1) is 0 Å². The Bertz CT molecular complexity index is 686. The van der Waals surface area contributed by atoms with Gasteiger partial charge in [-0.1, -0.05) is 0 Å². The third-order valence-corrected chi connectivity index (χ3v) is 6.13. The molecule has 2 fully saturated rings. The number of nitrogens with zero attached hydrogens (tertiary/aromatic N) is 4. The van der Waals surface area contributed by atoms with Gasteiger partial charge in [-0.25, -0.2) is 4.98 Å². The summed E-state index contributed by atoms with van der Waals surface area (Å²) in [5, 5.41) is 0. The predicted octanol–water partition coefficient (Wildman–Crippen LogP) is 2.18. The molecule has 0 atom stereocenters. The van der Waals surface area contributed by atoms with Gasteiger partial charge in [-0.05, 0) is 36.5 Å². The maximum absolute atomic E-state index is 12.7. The molecule has 2 saturated heterocycles. The van der Waals surface area contributed by atoms with Crippen molar-refractivity contribution < 1.29 is 9.21 Å². The van der Waals surface area contributed by atoms with Gasteiger partial charge in [-0.2, -0.15) is 11.8 Å². The van der Waals surface area contributed by atoms with Gasteiger partial charge in [0.1, 0.15) is 5.76 Å². The number of piperazine rings is 1. The number of aromatic nitrogens is 2. The fraction of sp³-hybridized carbons (Fsp3) is 0.556. The molecule has 0 bridgehead atoms. The van der Waals surface area contributed by atoms with Crippen molar-refractivity contribution in [1.29, 1.82) is 0 Å². The van der Waals surface area contributed by atoms with Gasteiger partial charge in [0.15, 0.2) is 5.76 Å². The Morgan fingerprint density at radius 3 is 2.72 bits per heavy atom. The molecule has 0 N–H and O–H groups in total. The van der Waals surface area contributed by atoms with E-state index in [0.29, 0.717) is 18.3 Å². The zero-order valence-corrected chi connectivity index (χ0v) is 15.2. The summed E-state index contributed by atoms with van der Waals surface area (Å²) >= 11 is 2.06. The lowest BCUT2D eigenvalue weighted by Crippen LogP contribution is -2.52. The van der Waals surface area contributed by atoms with Gasteiger partial charge in [-0.3, -0.25) is 9.69 Å². The number of hydrogen-bond acceptors (Lipinski definition) is 5. The van der Waals surface area contributed by atoms with Crippen molar-refractivity contribution in [3.8, 4) is 0 Å². The molecule has 0 spiro atoms. The molecule has 134 valence electrons. The van der Waals surface area contributed by atoms with E-state index in [1.54, 1.807) is 18.6 Å². The lowest BCUT2D eigenvalue weighted by molar-refractivity contribution is 0.0529. The van der Waals surface area contributed by atoms with Crippen LogP contribution in [-0.2, 0) is 6.54 Å². The average molecular weight is 360 g/mol. The maximum atomic E-state index is 12.7. The number of carbonyl (C=O) groups is 1. The summed E-state index contributed by atoms with van der Waals surface area (Å²) in [4.78, 5) is 21.2. The van der Waals surface area contributed by atoms with E-state index in [9.17, 15) is 4.79 Å². The molecule has 25 heavy (non-hydrogen) atoms. The van der Waals surface area contributed by atoms with Gasteiger partial charge in [0, 0.05) is 44.6 Å². The third kappa shape index (κ3) is 3.93. The molecule has 2 aliphatic heterocycles. The van der Waals surface area contributed by atoms with Crippen molar-refractivity contribution in [3.05, 3.63) is 42.4 Å². The standard InChI is InChI=1S/C18H24N4O2S/c23-18(17-2-1-16(24-17)13-20-6-5-19-14-20)22-9-7-21(8-10-22)15-3-11-25-12-4-15/h1-2,5-6,14-15H,3-4,7-13H2. The average Bonchev–Trinajstić information content (AvgIpc) is 3.35. The number of rotatable bonds is 4. The van der Waals surface area contributed by atoms with Crippen LogP contribution in [0.5, 0.6) is 0 Å². The molecule has 6 nitrogen and oxygen atoms in total. The van der Waals surface area contributed by atoms with Crippen LogP contribution in [0.25, 0.3) is 0 Å². The second-order valence-electron chi connectivity index (χ2n) is 6.67. The first-order valence-corrected chi connectivity index (χ1v) is 10.1. The van der Waals surface area contributed by atoms with E-state index in [2.05, 4.69) is 21.6 Å². The summed E-state index contributed by atoms with van der Waals surface area (Å²) in [5.74, 6) is 3.78. The first kappa shape index (κ1) is 16.7. The Labute approximate surface area is 152 Å². The van der Waals surface area contributed by atoms with E-state index in [0.717, 1.165) is 31.9 Å². The minimum absolute atomic E-state index is 0.00994. The normalized spacial score (nSPS) is 20.1. The van der Waals surface area contributed by atoms with Crippen LogP contribution in [-0.4, -0.2) is 69.0 Å². The van der Waals surface area contributed by atoms with Crippen LogP contribution in [0.4, 0.5) is 0 Å². The van der Waals surface area contributed by atoms with Crippen LogP contribution in [0.1, 0.15) is 29.2 Å². The van der Waals surface area contributed by atoms with Gasteiger partial charge in [0.25, 0.3) is 5.91 Å². The Hall–Kier alpha value is -1.73. The zero-order valence-electron chi connectivity index (χ0n) is 14.3. The van der Waals surface area contributed by atoms with E-state index in [1.807, 2.05) is 21.7 Å². The summed E-state index contributed by atoms with van der Waals surface area (Å²) in [7, 11) is 0. The number of thioether (sulfide) groups is 1. The fourth-order valence-electron chi connectivity index (χ4n) is 3.63. The van der Waals surface area contributed by atoms with Gasteiger partial charge >= 0.3 is 0 Å². The Balaban J connectivity index is 1.32. The SMILES string of the molecule is O=C(c1ccc(Cn2ccnc2)o1)N1CCN(C2CCSCC2)CC1. The van der Waals surface area contributed by atoms with Crippen molar-refractivity contribution in [2.24, 2.45) is 0 Å². The number of furan rings is 1. The van der Waals surface area contributed by atoms with Crippen LogP contribution >= 0.6 is 11.8 Å². The largest absolute Gasteiger partial charge is 0.454 e. The first-order valence-electron chi connectivity index (χ1n) is 8.95.